The summed E-state index contributed by atoms with van der Waals surface area (Å²) in [5.74, 6) is -1.46. The Labute approximate surface area is 154 Å². The average molecular weight is 371 g/mol. The zero-order valence-electron chi connectivity index (χ0n) is 14.7. The Bertz CT molecular complexity index is 929. The van der Waals surface area contributed by atoms with E-state index < -0.39 is 17.6 Å². The predicted octanol–water partition coefficient (Wildman–Crippen LogP) is 1.47. The van der Waals surface area contributed by atoms with Crippen molar-refractivity contribution >= 4 is 35.7 Å². The maximum absolute atomic E-state index is 13.0. The first kappa shape index (κ1) is 19.5. The molecule has 0 saturated heterocycles. The Morgan fingerprint density at radius 1 is 1.33 bits per heavy atom. The third-order valence-electron chi connectivity index (χ3n) is 3.38. The van der Waals surface area contributed by atoms with Crippen molar-refractivity contribution in [1.29, 1.82) is 0 Å². The molecule has 0 spiro atoms. The molecule has 0 atom stereocenters. The number of hydrogen-bond donors (Lipinski definition) is 3. The minimum Gasteiger partial charge on any atom is -0.382 e. The number of carbonyl (C=O) groups excluding carboxylic acids is 2. The van der Waals surface area contributed by atoms with Gasteiger partial charge in [-0.3, -0.25) is 9.59 Å². The summed E-state index contributed by atoms with van der Waals surface area (Å²) in [5, 5.41) is 12.1. The maximum atomic E-state index is 13.0. The smallest absolute Gasteiger partial charge is 0.291 e. The minimum absolute atomic E-state index is 0.0525. The number of nitrogen functional groups attached to an aromatic ring is 1. The molecular weight excluding hydrogens is 353 g/mol. The molecular formula is C17H18FN7O2. The van der Waals surface area contributed by atoms with Gasteiger partial charge in [0.05, 0.1) is 5.70 Å². The molecule has 2 aromatic rings. The molecule has 0 aliphatic heterocycles. The summed E-state index contributed by atoms with van der Waals surface area (Å²) in [5.41, 5.74) is 5.82. The van der Waals surface area contributed by atoms with Crippen LogP contribution >= 0.6 is 0 Å². The van der Waals surface area contributed by atoms with Crippen molar-refractivity contribution < 1.29 is 14.0 Å². The van der Waals surface area contributed by atoms with Crippen LogP contribution in [0.4, 0.5) is 15.9 Å². The van der Waals surface area contributed by atoms with E-state index in [1.165, 1.54) is 41.1 Å². The molecule has 9 nitrogen and oxygen atoms in total. The number of rotatable bonds is 6. The third kappa shape index (κ3) is 4.84. The Balaban J connectivity index is 2.22. The molecule has 1 aromatic carbocycles. The van der Waals surface area contributed by atoms with Crippen LogP contribution in [0.15, 0.2) is 52.4 Å². The number of anilines is 2. The number of halogens is 1. The van der Waals surface area contributed by atoms with Gasteiger partial charge in [-0.1, -0.05) is 6.08 Å². The summed E-state index contributed by atoms with van der Waals surface area (Å²) in [6.45, 7) is 4.84. The van der Waals surface area contributed by atoms with E-state index in [9.17, 15) is 14.0 Å². The van der Waals surface area contributed by atoms with E-state index in [2.05, 4.69) is 32.5 Å². The summed E-state index contributed by atoms with van der Waals surface area (Å²) in [6, 6.07) is 5.16. The van der Waals surface area contributed by atoms with Crippen molar-refractivity contribution in [3.8, 4) is 0 Å². The van der Waals surface area contributed by atoms with Crippen LogP contribution in [-0.4, -0.2) is 33.8 Å². The number of allylic oxidation sites excluding steroid dienone is 1. The Kier molecular flexibility index (Phi) is 6.15. The van der Waals surface area contributed by atoms with Gasteiger partial charge in [-0.25, -0.2) is 9.37 Å². The Morgan fingerprint density at radius 3 is 2.52 bits per heavy atom. The van der Waals surface area contributed by atoms with E-state index in [1.807, 2.05) is 0 Å². The summed E-state index contributed by atoms with van der Waals surface area (Å²) in [6.07, 6.45) is 2.95. The number of nitrogens with one attached hydrogen (secondary N) is 2. The Morgan fingerprint density at radius 2 is 2.00 bits per heavy atom. The number of benzene rings is 1. The molecule has 0 fully saturated rings. The van der Waals surface area contributed by atoms with Crippen LogP contribution in [0.5, 0.6) is 0 Å². The molecule has 0 radical (unpaired) electrons. The van der Waals surface area contributed by atoms with E-state index in [0.717, 1.165) is 0 Å². The summed E-state index contributed by atoms with van der Waals surface area (Å²) >= 11 is 0. The molecule has 27 heavy (non-hydrogen) atoms. The summed E-state index contributed by atoms with van der Waals surface area (Å²) < 4.78 is 14.4. The number of carbonyl (C=O) groups is 2. The zero-order chi connectivity index (χ0) is 20.0. The highest BCUT2D eigenvalue weighted by molar-refractivity contribution is 6.49. The molecule has 10 heteroatoms. The monoisotopic (exact) mass is 371 g/mol. The molecule has 4 N–H and O–H groups in total. The normalized spacial score (nSPS) is 11.8. The summed E-state index contributed by atoms with van der Waals surface area (Å²) in [7, 11) is 1.61. The lowest BCUT2D eigenvalue weighted by Crippen LogP contribution is -2.35. The third-order valence-corrected chi connectivity index (χ3v) is 3.38. The molecule has 0 unspecified atom stereocenters. The van der Waals surface area contributed by atoms with Gasteiger partial charge in [-0.15, -0.1) is 5.10 Å². The predicted molar refractivity (Wildman–Crippen MR) is 101 cm³/mol. The molecule has 140 valence electrons. The van der Waals surface area contributed by atoms with Gasteiger partial charge in [0.2, 0.25) is 5.82 Å². The van der Waals surface area contributed by atoms with Crippen LogP contribution in [0.1, 0.15) is 17.5 Å². The highest BCUT2D eigenvalue weighted by atomic mass is 19.1. The minimum atomic E-state index is -0.665. The molecule has 0 aliphatic rings. The lowest BCUT2D eigenvalue weighted by molar-refractivity contribution is -0.110. The van der Waals surface area contributed by atoms with Crippen LogP contribution < -0.4 is 16.4 Å². The largest absolute Gasteiger partial charge is 0.382 e. The molecule has 2 amide bonds. The highest BCUT2D eigenvalue weighted by Crippen LogP contribution is 2.10. The second kappa shape index (κ2) is 8.52. The van der Waals surface area contributed by atoms with Gasteiger partial charge >= 0.3 is 0 Å². The van der Waals surface area contributed by atoms with Gasteiger partial charge in [0.15, 0.2) is 5.71 Å². The average Bonchev–Trinajstić information content (AvgIpc) is 2.98. The van der Waals surface area contributed by atoms with Gasteiger partial charge in [0.1, 0.15) is 11.6 Å². The first-order chi connectivity index (χ1) is 12.8. The molecule has 2 rings (SSSR count). The van der Waals surface area contributed by atoms with Crippen molar-refractivity contribution in [1.82, 2.24) is 14.9 Å². The molecule has 1 heterocycles. The standard InChI is InChI=1S/C17H18FN7O2/c1-4-12(22-17(27)15-23-13(19)9-25(15)3)14(24-20-2)16(26)21-11-7-5-10(18)6-8-11/h4-9H,2,19H2,1,3H3,(H,21,26)(H,22,27)/b12-4+,24-14+. The number of nitrogens with two attached hydrogens (primary N) is 1. The lowest BCUT2D eigenvalue weighted by Gasteiger charge is -2.12. The van der Waals surface area contributed by atoms with Gasteiger partial charge < -0.3 is 20.9 Å². The van der Waals surface area contributed by atoms with Crippen LogP contribution in [0.3, 0.4) is 0 Å². The number of imidazole rings is 1. The fourth-order valence-corrected chi connectivity index (χ4v) is 2.16. The number of hydrogen-bond acceptors (Lipinski definition) is 6. The number of aromatic nitrogens is 2. The van der Waals surface area contributed by atoms with E-state index >= 15 is 0 Å². The van der Waals surface area contributed by atoms with Gasteiger partial charge in [0.25, 0.3) is 11.8 Å². The molecule has 0 saturated carbocycles. The van der Waals surface area contributed by atoms with Crippen molar-refractivity contribution in [2.45, 2.75) is 6.92 Å². The van der Waals surface area contributed by atoms with Crippen molar-refractivity contribution in [3.05, 3.63) is 53.9 Å². The van der Waals surface area contributed by atoms with Crippen molar-refractivity contribution in [2.24, 2.45) is 17.3 Å². The molecule has 0 bridgehead atoms. The topological polar surface area (TPSA) is 127 Å². The number of nitrogens with zero attached hydrogens (tertiary/aromatic N) is 4. The fraction of sp³-hybridized carbons (Fsp3) is 0.118. The van der Waals surface area contributed by atoms with Crippen LogP contribution in [0.2, 0.25) is 0 Å². The summed E-state index contributed by atoms with van der Waals surface area (Å²) in [4.78, 5) is 28.8. The number of amides is 2. The first-order valence-corrected chi connectivity index (χ1v) is 7.73. The quantitative estimate of drug-likeness (QED) is 0.525. The number of aryl methyl sites for hydroxylation is 1. The zero-order valence-corrected chi connectivity index (χ0v) is 14.7. The van der Waals surface area contributed by atoms with Crippen molar-refractivity contribution in [3.63, 3.8) is 0 Å². The van der Waals surface area contributed by atoms with Gasteiger partial charge in [0, 0.05) is 25.6 Å². The van der Waals surface area contributed by atoms with E-state index in [-0.39, 0.29) is 23.1 Å². The lowest BCUT2D eigenvalue weighted by atomic mass is 10.2. The van der Waals surface area contributed by atoms with Crippen LogP contribution in [0.25, 0.3) is 0 Å². The Hall–Kier alpha value is -3.82. The van der Waals surface area contributed by atoms with E-state index in [1.54, 1.807) is 14.0 Å². The molecule has 0 aliphatic carbocycles. The maximum Gasteiger partial charge on any atom is 0.291 e. The van der Waals surface area contributed by atoms with E-state index in [0.29, 0.717) is 5.69 Å². The van der Waals surface area contributed by atoms with Crippen molar-refractivity contribution in [2.75, 3.05) is 11.1 Å². The highest BCUT2D eigenvalue weighted by Gasteiger charge is 2.21. The van der Waals surface area contributed by atoms with Gasteiger partial charge in [-0.2, -0.15) is 5.10 Å². The van der Waals surface area contributed by atoms with Crippen LogP contribution in [0, 0.1) is 5.82 Å². The first-order valence-electron chi connectivity index (χ1n) is 7.73. The fourth-order valence-electron chi connectivity index (χ4n) is 2.16. The van der Waals surface area contributed by atoms with E-state index in [4.69, 9.17) is 5.73 Å². The van der Waals surface area contributed by atoms with Gasteiger partial charge in [-0.05, 0) is 31.2 Å². The second-order valence-electron chi connectivity index (χ2n) is 5.31. The molecule has 1 aromatic heterocycles. The SMILES string of the molecule is C=N/N=C(C(=O)Nc1ccc(F)cc1)\C(=C/C)NC(=O)c1nc(N)cn1C. The second-order valence-corrected chi connectivity index (χ2v) is 5.31. The van der Waals surface area contributed by atoms with Crippen LogP contribution in [-0.2, 0) is 11.8 Å².